The molecule has 15 heavy (non-hydrogen) atoms. The van der Waals surface area contributed by atoms with Crippen LogP contribution in [0.2, 0.25) is 0 Å². The average Bonchev–Trinajstić information content (AvgIpc) is 2.71. The third kappa shape index (κ3) is 2.82. The lowest BCUT2D eigenvalue weighted by atomic mass is 10.1. The zero-order valence-corrected chi connectivity index (χ0v) is 8.70. The average molecular weight is 207 g/mol. The van der Waals surface area contributed by atoms with Gasteiger partial charge in [0.05, 0.1) is 18.2 Å². The van der Waals surface area contributed by atoms with E-state index in [-0.39, 0.29) is 12.5 Å². The molecule has 1 aromatic rings. The molecule has 0 fully saturated rings. The SMILES string of the molecule is COCC(C)(C#N)NC(=O)c1cc[nH]c1. The van der Waals surface area contributed by atoms with Crippen LogP contribution >= 0.6 is 0 Å². The summed E-state index contributed by atoms with van der Waals surface area (Å²) >= 11 is 0. The normalized spacial score (nSPS) is 13.9. The van der Waals surface area contributed by atoms with Crippen LogP contribution in [0, 0.1) is 11.3 Å². The van der Waals surface area contributed by atoms with E-state index in [2.05, 4.69) is 10.3 Å². The van der Waals surface area contributed by atoms with E-state index in [9.17, 15) is 4.79 Å². The van der Waals surface area contributed by atoms with Crippen molar-refractivity contribution in [2.45, 2.75) is 12.5 Å². The first-order chi connectivity index (χ1) is 7.11. The largest absolute Gasteiger partial charge is 0.381 e. The molecule has 1 amide bonds. The van der Waals surface area contributed by atoms with Gasteiger partial charge in [-0.3, -0.25) is 4.79 Å². The first-order valence-corrected chi connectivity index (χ1v) is 4.47. The van der Waals surface area contributed by atoms with Crippen molar-refractivity contribution in [2.24, 2.45) is 0 Å². The van der Waals surface area contributed by atoms with Crippen molar-refractivity contribution in [2.75, 3.05) is 13.7 Å². The quantitative estimate of drug-likeness (QED) is 0.761. The maximum Gasteiger partial charge on any atom is 0.254 e. The predicted molar refractivity (Wildman–Crippen MR) is 54.2 cm³/mol. The molecular weight excluding hydrogens is 194 g/mol. The van der Waals surface area contributed by atoms with Gasteiger partial charge in [0.25, 0.3) is 5.91 Å². The minimum atomic E-state index is -0.997. The van der Waals surface area contributed by atoms with E-state index in [4.69, 9.17) is 10.00 Å². The molecule has 0 saturated carbocycles. The number of carbonyl (C=O) groups excluding carboxylic acids is 1. The molecule has 1 atom stereocenters. The fraction of sp³-hybridized carbons (Fsp3) is 0.400. The van der Waals surface area contributed by atoms with E-state index in [1.165, 1.54) is 7.11 Å². The van der Waals surface area contributed by atoms with Crippen LogP contribution in [0.25, 0.3) is 0 Å². The highest BCUT2D eigenvalue weighted by molar-refractivity contribution is 5.94. The van der Waals surface area contributed by atoms with Crippen molar-refractivity contribution < 1.29 is 9.53 Å². The van der Waals surface area contributed by atoms with Gasteiger partial charge < -0.3 is 15.0 Å². The number of hydrogen-bond acceptors (Lipinski definition) is 3. The summed E-state index contributed by atoms with van der Waals surface area (Å²) in [5.41, 5.74) is -0.504. The van der Waals surface area contributed by atoms with Crippen molar-refractivity contribution in [1.82, 2.24) is 10.3 Å². The summed E-state index contributed by atoms with van der Waals surface area (Å²) in [6.45, 7) is 1.76. The van der Waals surface area contributed by atoms with Crippen molar-refractivity contribution in [3.8, 4) is 6.07 Å². The number of aromatic amines is 1. The van der Waals surface area contributed by atoms with Crippen LogP contribution in [0.4, 0.5) is 0 Å². The van der Waals surface area contributed by atoms with Crippen LogP contribution in [0.5, 0.6) is 0 Å². The van der Waals surface area contributed by atoms with E-state index in [0.29, 0.717) is 5.56 Å². The number of rotatable bonds is 4. The van der Waals surface area contributed by atoms with Crippen LogP contribution in [-0.4, -0.2) is 30.1 Å². The number of aromatic nitrogens is 1. The number of hydrogen-bond donors (Lipinski definition) is 2. The summed E-state index contributed by atoms with van der Waals surface area (Å²) in [4.78, 5) is 14.4. The second kappa shape index (κ2) is 4.62. The van der Waals surface area contributed by atoms with Crippen LogP contribution in [0.1, 0.15) is 17.3 Å². The summed E-state index contributed by atoms with van der Waals surface area (Å²) in [6, 6.07) is 3.64. The predicted octanol–water partition coefficient (Wildman–Crippen LogP) is 0.673. The summed E-state index contributed by atoms with van der Waals surface area (Å²) in [7, 11) is 1.48. The van der Waals surface area contributed by atoms with Gasteiger partial charge in [-0.05, 0) is 13.0 Å². The summed E-state index contributed by atoms with van der Waals surface area (Å²) in [5, 5.41) is 11.5. The van der Waals surface area contributed by atoms with E-state index in [1.807, 2.05) is 6.07 Å². The topological polar surface area (TPSA) is 77.9 Å². The summed E-state index contributed by atoms with van der Waals surface area (Å²) in [5.74, 6) is -0.294. The lowest BCUT2D eigenvalue weighted by Gasteiger charge is -2.21. The molecule has 1 heterocycles. The van der Waals surface area contributed by atoms with Crippen molar-refractivity contribution in [3.63, 3.8) is 0 Å². The number of ether oxygens (including phenoxy) is 1. The van der Waals surface area contributed by atoms with Crippen LogP contribution in [0.15, 0.2) is 18.5 Å². The third-order valence-corrected chi connectivity index (χ3v) is 1.93. The maximum absolute atomic E-state index is 11.6. The van der Waals surface area contributed by atoms with Crippen molar-refractivity contribution in [3.05, 3.63) is 24.0 Å². The molecule has 1 rings (SSSR count). The van der Waals surface area contributed by atoms with Gasteiger partial charge in [0.1, 0.15) is 5.54 Å². The Morgan fingerprint density at radius 3 is 3.00 bits per heavy atom. The van der Waals surface area contributed by atoms with E-state index < -0.39 is 5.54 Å². The summed E-state index contributed by atoms with van der Waals surface area (Å²) < 4.78 is 4.87. The van der Waals surface area contributed by atoms with Gasteiger partial charge in [0.15, 0.2) is 0 Å². The maximum atomic E-state index is 11.6. The molecule has 5 nitrogen and oxygen atoms in total. The van der Waals surface area contributed by atoms with Crippen LogP contribution in [-0.2, 0) is 4.74 Å². The summed E-state index contributed by atoms with van der Waals surface area (Å²) in [6.07, 6.45) is 3.22. The molecular formula is C10H13N3O2. The van der Waals surface area contributed by atoms with Crippen molar-refractivity contribution in [1.29, 1.82) is 5.26 Å². The van der Waals surface area contributed by atoms with Crippen LogP contribution in [0.3, 0.4) is 0 Å². The fourth-order valence-corrected chi connectivity index (χ4v) is 1.17. The Morgan fingerprint density at radius 1 is 1.80 bits per heavy atom. The van der Waals surface area contributed by atoms with E-state index >= 15 is 0 Å². The molecule has 0 aliphatic carbocycles. The fourth-order valence-electron chi connectivity index (χ4n) is 1.17. The molecule has 80 valence electrons. The van der Waals surface area contributed by atoms with Gasteiger partial charge in [-0.15, -0.1) is 0 Å². The molecule has 0 aliphatic heterocycles. The van der Waals surface area contributed by atoms with E-state index in [1.54, 1.807) is 25.4 Å². The number of methoxy groups -OCH3 is 1. The molecule has 2 N–H and O–H groups in total. The number of amides is 1. The Kier molecular flexibility index (Phi) is 3.47. The Morgan fingerprint density at radius 2 is 2.53 bits per heavy atom. The van der Waals surface area contributed by atoms with E-state index in [0.717, 1.165) is 0 Å². The highest BCUT2D eigenvalue weighted by atomic mass is 16.5. The standard InChI is InChI=1S/C10H13N3O2/c1-10(6-11,7-15-2)13-9(14)8-3-4-12-5-8/h3-5,12H,7H2,1-2H3,(H,13,14). The van der Waals surface area contributed by atoms with Gasteiger partial charge in [0, 0.05) is 19.5 Å². The number of nitrogens with one attached hydrogen (secondary N) is 2. The van der Waals surface area contributed by atoms with Gasteiger partial charge in [-0.2, -0.15) is 5.26 Å². The Balaban J connectivity index is 2.69. The smallest absolute Gasteiger partial charge is 0.254 e. The highest BCUT2D eigenvalue weighted by Gasteiger charge is 2.26. The lowest BCUT2D eigenvalue weighted by molar-refractivity contribution is 0.0860. The zero-order chi connectivity index (χ0) is 11.3. The molecule has 0 radical (unpaired) electrons. The van der Waals surface area contributed by atoms with Gasteiger partial charge >= 0.3 is 0 Å². The molecule has 0 spiro atoms. The first kappa shape index (κ1) is 11.3. The second-order valence-corrected chi connectivity index (χ2v) is 3.43. The molecule has 1 unspecified atom stereocenters. The first-order valence-electron chi connectivity index (χ1n) is 4.47. The van der Waals surface area contributed by atoms with Crippen molar-refractivity contribution >= 4 is 5.91 Å². The highest BCUT2D eigenvalue weighted by Crippen LogP contribution is 2.05. The lowest BCUT2D eigenvalue weighted by Crippen LogP contribution is -2.48. The molecule has 0 saturated heterocycles. The number of H-pyrrole nitrogens is 1. The van der Waals surface area contributed by atoms with Gasteiger partial charge in [-0.25, -0.2) is 0 Å². The Labute approximate surface area is 88.0 Å². The van der Waals surface area contributed by atoms with Gasteiger partial charge in [-0.1, -0.05) is 0 Å². The monoisotopic (exact) mass is 207 g/mol. The minimum Gasteiger partial charge on any atom is -0.381 e. The molecule has 1 aromatic heterocycles. The third-order valence-electron chi connectivity index (χ3n) is 1.93. The number of nitrogens with zero attached hydrogens (tertiary/aromatic N) is 1. The molecule has 5 heteroatoms. The zero-order valence-electron chi connectivity index (χ0n) is 8.70. The number of nitriles is 1. The van der Waals surface area contributed by atoms with Crippen LogP contribution < -0.4 is 5.32 Å². The minimum absolute atomic E-state index is 0.152. The van der Waals surface area contributed by atoms with Gasteiger partial charge in [0.2, 0.25) is 0 Å². The number of carbonyl (C=O) groups is 1. The Bertz CT molecular complexity index is 367. The second-order valence-electron chi connectivity index (χ2n) is 3.43. The molecule has 0 aliphatic rings. The molecule has 0 aromatic carbocycles. The molecule has 0 bridgehead atoms. The Hall–Kier alpha value is -1.80.